The van der Waals surface area contributed by atoms with Crippen molar-refractivity contribution in [1.29, 1.82) is 0 Å². The van der Waals surface area contributed by atoms with E-state index < -0.39 is 55.1 Å². The third-order valence-corrected chi connectivity index (χ3v) is 15.1. The van der Waals surface area contributed by atoms with E-state index in [-0.39, 0.29) is 48.7 Å². The number of carbonyl (C=O) groups excluding carboxylic acids is 2. The number of ether oxygens (including phenoxy) is 1. The zero-order valence-electron chi connectivity index (χ0n) is 38.4. The molecule has 16 heteroatoms. The minimum atomic E-state index is -4.43. The van der Waals surface area contributed by atoms with Gasteiger partial charge in [-0.2, -0.15) is 13.0 Å². The standard InChI is InChI=1S/C48H64N4O10S2/c1-9-12-28-52-39-17-14-13-16-37(39)46(4,5)41(52)23-19-34-30-35(33-48(32-34,45(55)56)44(54)49-25-29-63(57,58)59)20-24-42-47(6,7)38-31-36(21-22-40(38)51(42)26-10-2)64(60,61)50(8)27-15-18-43(53)62-11-3/h13-14,16-17,19-24,30-31H,9-12,15,18,25-29,32-33H2,1-8H3,(H2-,49,54,55,56,57,58,59)/p+1. The molecule has 0 spiro atoms. The number of allylic oxidation sites excluding steroid dienone is 8. The number of anilines is 1. The summed E-state index contributed by atoms with van der Waals surface area (Å²) in [5.74, 6) is -3.39. The summed E-state index contributed by atoms with van der Waals surface area (Å²) in [5, 5.41) is 13.3. The maximum atomic E-state index is 14.0. The van der Waals surface area contributed by atoms with Crippen LogP contribution in [0.1, 0.15) is 105 Å². The fraction of sp³-hybridized carbons (Fsp3) is 0.500. The van der Waals surface area contributed by atoms with Gasteiger partial charge in [0.05, 0.1) is 22.7 Å². The third-order valence-electron chi connectivity index (χ3n) is 12.5. The summed E-state index contributed by atoms with van der Waals surface area (Å²) >= 11 is 0. The molecule has 64 heavy (non-hydrogen) atoms. The zero-order chi connectivity index (χ0) is 47.3. The normalized spacial score (nSPS) is 20.5. The summed E-state index contributed by atoms with van der Waals surface area (Å²) in [5.41, 5.74) is 3.82. The maximum absolute atomic E-state index is 14.0. The average molecular weight is 922 g/mol. The molecule has 5 rings (SSSR count). The Morgan fingerprint density at radius 2 is 1.64 bits per heavy atom. The van der Waals surface area contributed by atoms with E-state index in [1.165, 1.54) is 16.9 Å². The zero-order valence-corrected chi connectivity index (χ0v) is 40.1. The maximum Gasteiger partial charge on any atom is 0.319 e. The Kier molecular flexibility index (Phi) is 15.7. The molecule has 1 amide bonds. The smallest absolute Gasteiger partial charge is 0.319 e. The number of amides is 1. The second-order valence-corrected chi connectivity index (χ2v) is 21.5. The summed E-state index contributed by atoms with van der Waals surface area (Å²) in [4.78, 5) is 41.5. The number of rotatable bonds is 20. The first kappa shape index (κ1) is 50.1. The van der Waals surface area contributed by atoms with Crippen molar-refractivity contribution in [2.45, 2.75) is 109 Å². The number of hydrogen-bond acceptors (Lipinski definition) is 9. The first-order valence-corrected chi connectivity index (χ1v) is 25.1. The highest BCUT2D eigenvalue weighted by Gasteiger charge is 2.49. The van der Waals surface area contributed by atoms with E-state index in [1.807, 2.05) is 63.3 Å². The molecule has 348 valence electrons. The number of hydrogen-bond donors (Lipinski definition) is 3. The van der Waals surface area contributed by atoms with E-state index >= 15 is 0 Å². The van der Waals surface area contributed by atoms with Crippen molar-refractivity contribution in [2.75, 3.05) is 50.5 Å². The average Bonchev–Trinajstić information content (AvgIpc) is 3.58. The Hall–Kier alpha value is -4.90. The fourth-order valence-electron chi connectivity index (χ4n) is 9.01. The molecule has 1 atom stereocenters. The van der Waals surface area contributed by atoms with Gasteiger partial charge in [-0.15, -0.1) is 0 Å². The molecule has 2 aromatic rings. The van der Waals surface area contributed by atoms with Crippen LogP contribution in [-0.2, 0) is 50.1 Å². The molecule has 1 unspecified atom stereocenters. The molecule has 0 fully saturated rings. The quantitative estimate of drug-likeness (QED) is 0.0527. The van der Waals surface area contributed by atoms with Gasteiger partial charge in [0.2, 0.25) is 21.6 Å². The molecule has 2 aliphatic heterocycles. The van der Waals surface area contributed by atoms with Gasteiger partial charge in [-0.1, -0.05) is 70.5 Å². The summed E-state index contributed by atoms with van der Waals surface area (Å²) in [7, 11) is -6.86. The van der Waals surface area contributed by atoms with Crippen LogP contribution in [0.25, 0.3) is 0 Å². The van der Waals surface area contributed by atoms with Crippen molar-refractivity contribution in [1.82, 2.24) is 9.62 Å². The number of fused-ring (bicyclic) bond motifs is 2. The lowest BCUT2D eigenvalue weighted by Crippen LogP contribution is -2.49. The van der Waals surface area contributed by atoms with Crippen LogP contribution >= 0.6 is 0 Å². The predicted molar refractivity (Wildman–Crippen MR) is 249 cm³/mol. The Morgan fingerprint density at radius 3 is 2.30 bits per heavy atom. The van der Waals surface area contributed by atoms with Crippen LogP contribution in [0.4, 0.5) is 11.4 Å². The van der Waals surface area contributed by atoms with Gasteiger partial charge in [0.1, 0.15) is 6.54 Å². The molecule has 0 saturated carbocycles. The molecule has 3 aliphatic rings. The monoisotopic (exact) mass is 921 g/mol. The van der Waals surface area contributed by atoms with E-state index in [9.17, 15) is 40.9 Å². The second-order valence-electron chi connectivity index (χ2n) is 17.9. The largest absolute Gasteiger partial charge is 0.480 e. The molecule has 0 saturated heterocycles. The highest BCUT2D eigenvalue weighted by molar-refractivity contribution is 7.89. The highest BCUT2D eigenvalue weighted by atomic mass is 32.2. The number of carbonyl (C=O) groups is 3. The third kappa shape index (κ3) is 10.6. The first-order valence-electron chi connectivity index (χ1n) is 22.1. The van der Waals surface area contributed by atoms with Crippen molar-refractivity contribution in [2.24, 2.45) is 5.41 Å². The lowest BCUT2D eigenvalue weighted by atomic mass is 9.71. The topological polar surface area (TPSA) is 191 Å². The number of nitrogens with zero attached hydrogens (tertiary/aromatic N) is 3. The van der Waals surface area contributed by atoms with Crippen LogP contribution in [0, 0.1) is 5.41 Å². The molecule has 0 aromatic heterocycles. The lowest BCUT2D eigenvalue weighted by Gasteiger charge is -2.33. The van der Waals surface area contributed by atoms with Gasteiger partial charge in [0.15, 0.2) is 11.1 Å². The van der Waals surface area contributed by atoms with E-state index in [1.54, 1.807) is 25.1 Å². The Bertz CT molecular complexity index is 2520. The van der Waals surface area contributed by atoms with Crippen molar-refractivity contribution >= 4 is 55.1 Å². The molecule has 3 N–H and O–H groups in total. The van der Waals surface area contributed by atoms with E-state index in [2.05, 4.69) is 47.7 Å². The van der Waals surface area contributed by atoms with Crippen LogP contribution in [0.3, 0.4) is 0 Å². The van der Waals surface area contributed by atoms with E-state index in [0.29, 0.717) is 24.1 Å². The summed E-state index contributed by atoms with van der Waals surface area (Å²) < 4.78 is 68.6. The second kappa shape index (κ2) is 20.1. The molecule has 2 heterocycles. The number of unbranched alkanes of at least 4 members (excludes halogenated alkanes) is 1. The van der Waals surface area contributed by atoms with Crippen LogP contribution in [0.2, 0.25) is 0 Å². The van der Waals surface area contributed by atoms with Gasteiger partial charge in [-0.3, -0.25) is 18.9 Å². The van der Waals surface area contributed by atoms with Crippen molar-refractivity contribution in [3.05, 3.63) is 101 Å². The lowest BCUT2D eigenvalue weighted by molar-refractivity contribution is -0.438. The number of nitrogens with one attached hydrogen (secondary N) is 1. The molecule has 1 aliphatic carbocycles. The van der Waals surface area contributed by atoms with Crippen LogP contribution in [0.5, 0.6) is 0 Å². The molecule has 2 aromatic carbocycles. The van der Waals surface area contributed by atoms with Gasteiger partial charge in [0.25, 0.3) is 10.1 Å². The molecule has 14 nitrogen and oxygen atoms in total. The molecular formula is C48H65N4O10S2+. The van der Waals surface area contributed by atoms with Crippen LogP contribution < -0.4 is 10.2 Å². The Labute approximate surface area is 379 Å². The highest BCUT2D eigenvalue weighted by Crippen LogP contribution is 2.49. The molecule has 0 radical (unpaired) electrons. The van der Waals surface area contributed by atoms with Crippen molar-refractivity contribution in [3.63, 3.8) is 0 Å². The summed E-state index contributed by atoms with van der Waals surface area (Å²) in [6, 6.07) is 13.4. The predicted octanol–water partition coefficient (Wildman–Crippen LogP) is 7.20. The number of para-hydroxylation sites is 1. The first-order chi connectivity index (χ1) is 30.0. The van der Waals surface area contributed by atoms with Crippen LogP contribution in [-0.4, -0.2) is 105 Å². The van der Waals surface area contributed by atoms with E-state index in [0.717, 1.165) is 54.2 Å². The number of sulfonamides is 1. The number of benzene rings is 2. The number of esters is 1. The Morgan fingerprint density at radius 1 is 0.922 bits per heavy atom. The fourth-order valence-corrected chi connectivity index (χ4v) is 10.6. The Balaban J connectivity index is 1.58. The molecular weight excluding hydrogens is 857 g/mol. The van der Waals surface area contributed by atoms with Gasteiger partial charge in [0, 0.05) is 74.0 Å². The number of aliphatic carboxylic acids is 1. The minimum Gasteiger partial charge on any atom is -0.480 e. The number of carboxylic acids is 1. The van der Waals surface area contributed by atoms with Gasteiger partial charge in [-0.25, -0.2) is 12.7 Å². The number of carboxylic acid groups (broad SMARTS) is 1. The van der Waals surface area contributed by atoms with Gasteiger partial charge < -0.3 is 20.1 Å². The van der Waals surface area contributed by atoms with Gasteiger partial charge >= 0.3 is 11.9 Å². The summed E-state index contributed by atoms with van der Waals surface area (Å²) in [6.07, 6.45) is 12.2. The van der Waals surface area contributed by atoms with E-state index in [4.69, 9.17) is 4.74 Å². The van der Waals surface area contributed by atoms with Crippen LogP contribution in [0.15, 0.2) is 94.6 Å². The van der Waals surface area contributed by atoms with Crippen molar-refractivity contribution in [3.8, 4) is 0 Å². The van der Waals surface area contributed by atoms with Gasteiger partial charge in [-0.05, 0) is 87.4 Å². The summed E-state index contributed by atoms with van der Waals surface area (Å²) in [6.45, 7) is 15.5. The SMILES string of the molecule is CCCC[N+]1=C(/C=C/C2=CC(=C/C=C3/N(CCC)c4ccc(S(=O)(=O)N(C)CCCC(=O)OCC)cc4C3(C)C)/CC(C(=O)O)(C(=O)NCCS(=O)(=O)O)C2)C(C)(C)c2ccccc21. The van der Waals surface area contributed by atoms with Crippen molar-refractivity contribution < 1.29 is 50.2 Å². The molecule has 0 bridgehead atoms. The minimum absolute atomic E-state index is 0.101.